The Balaban J connectivity index is 1.64. The standard InChI is InChI=1S/C14H25NO2/c1-3-17-13(16)4-7-15-8-5-14(6-9-15)10-12(2)11-14/h12H,3-11H2,1-2H3. The number of rotatable bonds is 4. The maximum absolute atomic E-state index is 11.3. The second-order valence-electron chi connectivity index (χ2n) is 5.91. The first kappa shape index (κ1) is 12.9. The van der Waals surface area contributed by atoms with E-state index in [9.17, 15) is 4.79 Å². The van der Waals surface area contributed by atoms with Gasteiger partial charge < -0.3 is 9.64 Å². The molecule has 1 saturated carbocycles. The van der Waals surface area contributed by atoms with E-state index in [1.165, 1.54) is 38.8 Å². The first-order valence-corrected chi connectivity index (χ1v) is 7.01. The third-order valence-electron chi connectivity index (χ3n) is 4.42. The van der Waals surface area contributed by atoms with Gasteiger partial charge in [0.15, 0.2) is 0 Å². The van der Waals surface area contributed by atoms with Crippen LogP contribution in [-0.4, -0.2) is 37.1 Å². The number of carbonyl (C=O) groups is 1. The van der Waals surface area contributed by atoms with E-state index >= 15 is 0 Å². The molecule has 0 radical (unpaired) electrons. The van der Waals surface area contributed by atoms with Crippen LogP contribution >= 0.6 is 0 Å². The third kappa shape index (κ3) is 3.21. The summed E-state index contributed by atoms with van der Waals surface area (Å²) in [5.41, 5.74) is 0.680. The predicted molar refractivity (Wildman–Crippen MR) is 67.8 cm³/mol. The molecule has 2 rings (SSSR count). The van der Waals surface area contributed by atoms with Crippen LogP contribution in [0.2, 0.25) is 0 Å². The maximum Gasteiger partial charge on any atom is 0.307 e. The molecule has 17 heavy (non-hydrogen) atoms. The number of likely N-dealkylation sites (tertiary alicyclic amines) is 1. The Kier molecular flexibility index (Phi) is 4.08. The minimum Gasteiger partial charge on any atom is -0.466 e. The zero-order chi connectivity index (χ0) is 12.3. The van der Waals surface area contributed by atoms with Crippen LogP contribution in [0.25, 0.3) is 0 Å². The van der Waals surface area contributed by atoms with Gasteiger partial charge in [0, 0.05) is 6.54 Å². The van der Waals surface area contributed by atoms with Crippen molar-refractivity contribution in [1.82, 2.24) is 4.90 Å². The van der Waals surface area contributed by atoms with Gasteiger partial charge in [0.1, 0.15) is 0 Å². The van der Waals surface area contributed by atoms with E-state index in [2.05, 4.69) is 11.8 Å². The molecular weight excluding hydrogens is 214 g/mol. The molecule has 1 saturated heterocycles. The third-order valence-corrected chi connectivity index (χ3v) is 4.42. The molecule has 0 aromatic rings. The lowest BCUT2D eigenvalue weighted by Crippen LogP contribution is -2.46. The summed E-state index contributed by atoms with van der Waals surface area (Å²) in [5.74, 6) is 0.895. The number of ether oxygens (including phenoxy) is 1. The highest BCUT2D eigenvalue weighted by Crippen LogP contribution is 2.52. The molecule has 1 aliphatic heterocycles. The molecule has 0 unspecified atom stereocenters. The summed E-state index contributed by atoms with van der Waals surface area (Å²) in [6.07, 6.45) is 6.08. The quantitative estimate of drug-likeness (QED) is 0.706. The molecule has 2 aliphatic rings. The lowest BCUT2D eigenvalue weighted by Gasteiger charge is -2.51. The molecule has 1 aliphatic carbocycles. The average Bonchev–Trinajstić information content (AvgIpc) is 2.27. The average molecular weight is 239 g/mol. The van der Waals surface area contributed by atoms with Crippen molar-refractivity contribution in [1.29, 1.82) is 0 Å². The van der Waals surface area contributed by atoms with Crippen LogP contribution in [0.15, 0.2) is 0 Å². The van der Waals surface area contributed by atoms with Crippen molar-refractivity contribution in [2.45, 2.75) is 46.0 Å². The van der Waals surface area contributed by atoms with Gasteiger partial charge in [-0.25, -0.2) is 0 Å². The van der Waals surface area contributed by atoms with Crippen molar-refractivity contribution >= 4 is 5.97 Å². The van der Waals surface area contributed by atoms with E-state index in [1.54, 1.807) is 0 Å². The van der Waals surface area contributed by atoms with E-state index in [-0.39, 0.29) is 5.97 Å². The number of carbonyl (C=O) groups excluding carboxylic acids is 1. The zero-order valence-electron chi connectivity index (χ0n) is 11.2. The van der Waals surface area contributed by atoms with Crippen molar-refractivity contribution in [3.05, 3.63) is 0 Å². The summed E-state index contributed by atoms with van der Waals surface area (Å²) < 4.78 is 4.95. The minimum atomic E-state index is -0.0509. The molecule has 1 heterocycles. The summed E-state index contributed by atoms with van der Waals surface area (Å²) >= 11 is 0. The molecule has 0 atom stereocenters. The number of nitrogens with zero attached hydrogens (tertiary/aromatic N) is 1. The first-order chi connectivity index (χ1) is 8.13. The Labute approximate surface area is 105 Å². The molecule has 0 amide bonds. The molecule has 0 N–H and O–H groups in total. The number of piperidine rings is 1. The molecule has 98 valence electrons. The van der Waals surface area contributed by atoms with Crippen molar-refractivity contribution < 1.29 is 9.53 Å². The fraction of sp³-hybridized carbons (Fsp3) is 0.929. The summed E-state index contributed by atoms with van der Waals surface area (Å²) in [4.78, 5) is 13.7. The largest absolute Gasteiger partial charge is 0.466 e. The van der Waals surface area contributed by atoms with Crippen LogP contribution in [0.4, 0.5) is 0 Å². The maximum atomic E-state index is 11.3. The number of hydrogen-bond acceptors (Lipinski definition) is 3. The van der Waals surface area contributed by atoms with E-state index < -0.39 is 0 Å². The van der Waals surface area contributed by atoms with E-state index in [0.717, 1.165) is 12.5 Å². The number of hydrogen-bond donors (Lipinski definition) is 0. The first-order valence-electron chi connectivity index (χ1n) is 7.01. The topological polar surface area (TPSA) is 29.5 Å². The van der Waals surface area contributed by atoms with Gasteiger partial charge >= 0.3 is 5.97 Å². The molecule has 3 heteroatoms. The Morgan fingerprint density at radius 2 is 2.00 bits per heavy atom. The second-order valence-corrected chi connectivity index (χ2v) is 5.91. The Hall–Kier alpha value is -0.570. The van der Waals surface area contributed by atoms with Crippen molar-refractivity contribution in [2.24, 2.45) is 11.3 Å². The van der Waals surface area contributed by atoms with Crippen molar-refractivity contribution in [3.8, 4) is 0 Å². The predicted octanol–water partition coefficient (Wildman–Crippen LogP) is 2.45. The Bertz CT molecular complexity index is 261. The van der Waals surface area contributed by atoms with Gasteiger partial charge in [-0.1, -0.05) is 6.92 Å². The lowest BCUT2D eigenvalue weighted by atomic mass is 9.58. The molecule has 0 bridgehead atoms. The summed E-state index contributed by atoms with van der Waals surface area (Å²) in [6, 6.07) is 0. The smallest absolute Gasteiger partial charge is 0.307 e. The van der Waals surface area contributed by atoms with Crippen LogP contribution < -0.4 is 0 Å². The van der Waals surface area contributed by atoms with Crippen LogP contribution in [0.1, 0.15) is 46.0 Å². The van der Waals surface area contributed by atoms with E-state index in [4.69, 9.17) is 4.74 Å². The van der Waals surface area contributed by atoms with Crippen LogP contribution in [0.5, 0.6) is 0 Å². The van der Waals surface area contributed by atoms with Crippen molar-refractivity contribution in [2.75, 3.05) is 26.2 Å². The van der Waals surface area contributed by atoms with Gasteiger partial charge in [0.25, 0.3) is 0 Å². The number of esters is 1. The molecule has 2 fully saturated rings. The molecular formula is C14H25NO2. The molecule has 0 aromatic heterocycles. The van der Waals surface area contributed by atoms with Gasteiger partial charge in [0.2, 0.25) is 0 Å². The fourth-order valence-electron chi connectivity index (χ4n) is 3.56. The van der Waals surface area contributed by atoms with Crippen LogP contribution in [-0.2, 0) is 9.53 Å². The zero-order valence-corrected chi connectivity index (χ0v) is 11.2. The molecule has 3 nitrogen and oxygen atoms in total. The fourth-order valence-corrected chi connectivity index (χ4v) is 3.56. The highest BCUT2D eigenvalue weighted by molar-refractivity contribution is 5.69. The molecule has 0 aromatic carbocycles. The van der Waals surface area contributed by atoms with Crippen LogP contribution in [0.3, 0.4) is 0 Å². The van der Waals surface area contributed by atoms with Crippen molar-refractivity contribution in [3.63, 3.8) is 0 Å². The van der Waals surface area contributed by atoms with Gasteiger partial charge in [-0.2, -0.15) is 0 Å². The van der Waals surface area contributed by atoms with Crippen LogP contribution in [0, 0.1) is 11.3 Å². The van der Waals surface area contributed by atoms with Gasteiger partial charge in [-0.3, -0.25) is 4.79 Å². The van der Waals surface area contributed by atoms with Gasteiger partial charge in [0.05, 0.1) is 13.0 Å². The van der Waals surface area contributed by atoms with Gasteiger partial charge in [-0.15, -0.1) is 0 Å². The Morgan fingerprint density at radius 3 is 2.53 bits per heavy atom. The highest BCUT2D eigenvalue weighted by Gasteiger charge is 2.43. The summed E-state index contributed by atoms with van der Waals surface area (Å²) in [7, 11) is 0. The molecule has 1 spiro atoms. The Morgan fingerprint density at radius 1 is 1.35 bits per heavy atom. The SMILES string of the molecule is CCOC(=O)CCN1CCC2(CC1)CC(C)C2. The lowest BCUT2D eigenvalue weighted by molar-refractivity contribution is -0.143. The van der Waals surface area contributed by atoms with E-state index in [0.29, 0.717) is 18.4 Å². The summed E-state index contributed by atoms with van der Waals surface area (Å²) in [6.45, 7) is 7.95. The highest BCUT2D eigenvalue weighted by atomic mass is 16.5. The second kappa shape index (κ2) is 5.38. The normalized spacial score (nSPS) is 24.6. The summed E-state index contributed by atoms with van der Waals surface area (Å²) in [5, 5.41) is 0. The monoisotopic (exact) mass is 239 g/mol. The van der Waals surface area contributed by atoms with E-state index in [1.807, 2.05) is 6.92 Å². The minimum absolute atomic E-state index is 0.0509. The van der Waals surface area contributed by atoms with Gasteiger partial charge in [-0.05, 0) is 57.0 Å².